The van der Waals surface area contributed by atoms with E-state index in [-0.39, 0.29) is 18.4 Å². The summed E-state index contributed by atoms with van der Waals surface area (Å²) >= 11 is 0. The average Bonchev–Trinajstić information content (AvgIpc) is 2.69. The average molecular weight is 414 g/mol. The van der Waals surface area contributed by atoms with Crippen molar-refractivity contribution >= 4 is 0 Å². The third kappa shape index (κ3) is 3.43. The molecule has 0 fully saturated rings. The van der Waals surface area contributed by atoms with Crippen LogP contribution in [0.1, 0.15) is 45.0 Å². The second-order valence-corrected chi connectivity index (χ2v) is 8.39. The maximum atomic E-state index is 6.49. The van der Waals surface area contributed by atoms with Crippen LogP contribution in [0.5, 0.6) is 28.7 Å². The Kier molecular flexibility index (Phi) is 5.45. The topological polar surface area (TPSA) is 49.4 Å². The summed E-state index contributed by atoms with van der Waals surface area (Å²) in [6.45, 7) is 8.95. The van der Waals surface area contributed by atoms with Gasteiger partial charge in [0.2, 0.25) is 0 Å². The van der Waals surface area contributed by atoms with Crippen molar-refractivity contribution in [1.82, 2.24) is 4.90 Å². The van der Waals surface area contributed by atoms with Crippen molar-refractivity contribution in [3.8, 4) is 39.9 Å². The van der Waals surface area contributed by atoms with Crippen molar-refractivity contribution < 1.29 is 23.7 Å². The van der Waals surface area contributed by atoms with Crippen LogP contribution in [0.15, 0.2) is 18.2 Å². The van der Waals surface area contributed by atoms with Crippen molar-refractivity contribution in [3.05, 3.63) is 29.3 Å². The van der Waals surface area contributed by atoms with Crippen LogP contribution in [0.4, 0.5) is 0 Å². The SMILES string of the molecule is COc1cc2c(cc1OC(C)C)OC1c3c(cc(OC(C)C)c(OC)c3-2)CCN1C. The maximum Gasteiger partial charge on any atom is 0.179 e. The van der Waals surface area contributed by atoms with Crippen LogP contribution in [-0.2, 0) is 6.42 Å². The zero-order valence-corrected chi connectivity index (χ0v) is 18.9. The number of methoxy groups -OCH3 is 2. The Balaban J connectivity index is 1.99. The number of ether oxygens (including phenoxy) is 5. The number of hydrogen-bond donors (Lipinski definition) is 0. The first-order chi connectivity index (χ1) is 14.3. The Hall–Kier alpha value is -2.60. The number of fused-ring (bicyclic) bond motifs is 2. The van der Waals surface area contributed by atoms with Gasteiger partial charge >= 0.3 is 0 Å². The highest BCUT2D eigenvalue weighted by molar-refractivity contribution is 5.86. The molecule has 0 spiro atoms. The third-order valence-corrected chi connectivity index (χ3v) is 5.46. The summed E-state index contributed by atoms with van der Waals surface area (Å²) in [4.78, 5) is 2.23. The minimum Gasteiger partial charge on any atom is -0.493 e. The molecular weight excluding hydrogens is 382 g/mol. The number of hydrogen-bond acceptors (Lipinski definition) is 6. The molecule has 0 N–H and O–H groups in total. The highest BCUT2D eigenvalue weighted by atomic mass is 16.5. The molecule has 1 atom stereocenters. The largest absolute Gasteiger partial charge is 0.493 e. The van der Waals surface area contributed by atoms with E-state index in [0.29, 0.717) is 11.5 Å². The summed E-state index contributed by atoms with van der Waals surface area (Å²) in [5.41, 5.74) is 4.31. The normalized spacial score (nSPS) is 17.3. The van der Waals surface area contributed by atoms with Gasteiger partial charge in [-0.15, -0.1) is 0 Å². The minimum absolute atomic E-state index is 0.0253. The molecule has 0 saturated carbocycles. The van der Waals surface area contributed by atoms with Crippen LogP contribution in [0.25, 0.3) is 11.1 Å². The van der Waals surface area contributed by atoms with Crippen molar-refractivity contribution in [2.75, 3.05) is 27.8 Å². The van der Waals surface area contributed by atoms with Crippen molar-refractivity contribution in [3.63, 3.8) is 0 Å². The fourth-order valence-electron chi connectivity index (χ4n) is 4.25. The van der Waals surface area contributed by atoms with E-state index in [1.807, 2.05) is 39.8 Å². The van der Waals surface area contributed by atoms with E-state index in [4.69, 9.17) is 23.7 Å². The maximum absolute atomic E-state index is 6.49. The molecule has 4 rings (SSSR count). The minimum atomic E-state index is -0.182. The van der Waals surface area contributed by atoms with E-state index in [0.717, 1.165) is 46.9 Å². The predicted molar refractivity (Wildman–Crippen MR) is 116 cm³/mol. The molecule has 6 heteroatoms. The molecule has 1 unspecified atom stereocenters. The van der Waals surface area contributed by atoms with Gasteiger partial charge in [-0.1, -0.05) is 0 Å². The molecule has 0 aromatic heterocycles. The second-order valence-electron chi connectivity index (χ2n) is 8.39. The van der Waals surface area contributed by atoms with Crippen molar-refractivity contribution in [1.29, 1.82) is 0 Å². The third-order valence-electron chi connectivity index (χ3n) is 5.46. The molecule has 0 aliphatic carbocycles. The van der Waals surface area contributed by atoms with Gasteiger partial charge in [-0.2, -0.15) is 0 Å². The molecule has 0 saturated heterocycles. The van der Waals surface area contributed by atoms with Crippen LogP contribution in [0, 0.1) is 0 Å². The molecule has 2 aliphatic heterocycles. The molecule has 0 radical (unpaired) electrons. The summed E-state index contributed by atoms with van der Waals surface area (Å²) in [6, 6.07) is 6.02. The monoisotopic (exact) mass is 413 g/mol. The van der Waals surface area contributed by atoms with Crippen LogP contribution in [0.3, 0.4) is 0 Å². The van der Waals surface area contributed by atoms with Gasteiger partial charge in [0, 0.05) is 29.3 Å². The lowest BCUT2D eigenvalue weighted by molar-refractivity contribution is 0.0325. The van der Waals surface area contributed by atoms with E-state index in [9.17, 15) is 0 Å². The Morgan fingerprint density at radius 2 is 1.63 bits per heavy atom. The first-order valence-corrected chi connectivity index (χ1v) is 10.5. The van der Waals surface area contributed by atoms with Crippen LogP contribution < -0.4 is 23.7 Å². The number of nitrogens with zero attached hydrogens (tertiary/aromatic N) is 1. The number of rotatable bonds is 6. The van der Waals surface area contributed by atoms with Gasteiger partial charge in [0.15, 0.2) is 29.2 Å². The molecule has 2 aromatic rings. The highest BCUT2D eigenvalue weighted by Gasteiger charge is 2.38. The fraction of sp³-hybridized carbons (Fsp3) is 0.500. The smallest absolute Gasteiger partial charge is 0.179 e. The fourth-order valence-corrected chi connectivity index (χ4v) is 4.25. The van der Waals surface area contributed by atoms with Gasteiger partial charge in [0.25, 0.3) is 0 Å². The first-order valence-electron chi connectivity index (χ1n) is 10.5. The number of likely N-dealkylation sites (N-methyl/N-ethyl adjacent to an activating group) is 1. The summed E-state index contributed by atoms with van der Waals surface area (Å²) < 4.78 is 30.2. The van der Waals surface area contributed by atoms with E-state index in [1.54, 1.807) is 14.2 Å². The van der Waals surface area contributed by atoms with Crippen molar-refractivity contribution in [2.24, 2.45) is 0 Å². The lowest BCUT2D eigenvalue weighted by Gasteiger charge is -2.40. The highest BCUT2D eigenvalue weighted by Crippen LogP contribution is 2.55. The first kappa shape index (κ1) is 20.7. The summed E-state index contributed by atoms with van der Waals surface area (Å²) in [6.07, 6.45) is 0.816. The summed E-state index contributed by atoms with van der Waals surface area (Å²) in [5, 5.41) is 0. The van der Waals surface area contributed by atoms with Gasteiger partial charge in [0.1, 0.15) is 5.75 Å². The van der Waals surface area contributed by atoms with E-state index < -0.39 is 0 Å². The molecule has 2 heterocycles. The molecule has 162 valence electrons. The molecule has 30 heavy (non-hydrogen) atoms. The quantitative estimate of drug-likeness (QED) is 0.676. The van der Waals surface area contributed by atoms with Gasteiger partial charge in [-0.25, -0.2) is 0 Å². The second kappa shape index (κ2) is 7.91. The van der Waals surface area contributed by atoms with Crippen LogP contribution >= 0.6 is 0 Å². The summed E-state index contributed by atoms with van der Waals surface area (Å²) in [5.74, 6) is 3.58. The molecule has 6 nitrogen and oxygen atoms in total. The predicted octanol–water partition coefficient (Wildman–Crippen LogP) is 4.82. The van der Waals surface area contributed by atoms with E-state index in [1.165, 1.54) is 5.56 Å². The van der Waals surface area contributed by atoms with Crippen LogP contribution in [0.2, 0.25) is 0 Å². The van der Waals surface area contributed by atoms with Crippen molar-refractivity contribution in [2.45, 2.75) is 52.6 Å². The summed E-state index contributed by atoms with van der Waals surface area (Å²) in [7, 11) is 5.43. The Bertz CT molecular complexity index is 953. The lowest BCUT2D eigenvalue weighted by atomic mass is 9.86. The van der Waals surface area contributed by atoms with Gasteiger partial charge < -0.3 is 23.7 Å². The Labute approximate surface area is 178 Å². The Morgan fingerprint density at radius 3 is 2.27 bits per heavy atom. The molecular formula is C24H31NO5. The van der Waals surface area contributed by atoms with Gasteiger partial charge in [0.05, 0.1) is 26.4 Å². The molecule has 0 amide bonds. The van der Waals surface area contributed by atoms with E-state index >= 15 is 0 Å². The molecule has 0 bridgehead atoms. The van der Waals surface area contributed by atoms with E-state index in [2.05, 4.69) is 18.0 Å². The standard InChI is InChI=1S/C24H31NO5/c1-13(2)28-19-12-17-16(11-18(19)26-6)22-21-15(8-9-25(5)24(21)30-17)10-20(23(22)27-7)29-14(3)4/h10-14,24H,8-9H2,1-7H3. The molecule has 2 aliphatic rings. The Morgan fingerprint density at radius 1 is 0.933 bits per heavy atom. The van der Waals surface area contributed by atoms with Gasteiger partial charge in [-0.05, 0) is 58.9 Å². The molecule has 2 aromatic carbocycles. The zero-order valence-electron chi connectivity index (χ0n) is 18.9. The van der Waals surface area contributed by atoms with Crippen LogP contribution in [-0.4, -0.2) is 44.9 Å². The lowest BCUT2D eigenvalue weighted by Crippen LogP contribution is -2.37. The van der Waals surface area contributed by atoms with Gasteiger partial charge in [-0.3, -0.25) is 4.90 Å². The zero-order chi connectivity index (χ0) is 21.6. The number of benzene rings is 2.